The molecule has 3 aromatic rings. The first-order chi connectivity index (χ1) is 10.7. The Bertz CT molecular complexity index is 766. The van der Waals surface area contributed by atoms with Crippen molar-refractivity contribution in [3.8, 4) is 11.6 Å². The topological polar surface area (TPSA) is 107 Å². The number of nitrogens with one attached hydrogen (secondary N) is 1. The van der Waals surface area contributed by atoms with Crippen molar-refractivity contribution in [3.05, 3.63) is 42.1 Å². The SMILES string of the molecule is Cc1cc(NC(=O)CCc2nnc(-c3ccccn3)o2)no1. The molecule has 0 aliphatic carbocycles. The standard InChI is InChI=1S/C14H13N5O3/c1-9-8-11(19-22-9)16-12(20)5-6-13-17-18-14(21-13)10-4-2-3-7-15-10/h2-4,7-8H,5-6H2,1H3,(H,16,19,20). The quantitative estimate of drug-likeness (QED) is 0.767. The second kappa shape index (κ2) is 6.17. The van der Waals surface area contributed by atoms with E-state index in [1.807, 2.05) is 6.07 Å². The van der Waals surface area contributed by atoms with Gasteiger partial charge in [0, 0.05) is 25.1 Å². The molecule has 0 atom stereocenters. The van der Waals surface area contributed by atoms with Crippen LogP contribution >= 0.6 is 0 Å². The molecule has 0 saturated heterocycles. The van der Waals surface area contributed by atoms with E-state index in [0.717, 1.165) is 0 Å². The van der Waals surface area contributed by atoms with Crippen LogP contribution in [0.3, 0.4) is 0 Å². The number of aryl methyl sites for hydroxylation is 2. The summed E-state index contributed by atoms with van der Waals surface area (Å²) in [6.45, 7) is 1.75. The maximum Gasteiger partial charge on any atom is 0.266 e. The van der Waals surface area contributed by atoms with Crippen molar-refractivity contribution in [2.45, 2.75) is 19.8 Å². The number of hydrogen-bond donors (Lipinski definition) is 1. The molecule has 1 amide bonds. The fraction of sp³-hybridized carbons (Fsp3) is 0.214. The third-order valence-electron chi connectivity index (χ3n) is 2.81. The van der Waals surface area contributed by atoms with Crippen molar-refractivity contribution in [1.82, 2.24) is 20.3 Å². The smallest absolute Gasteiger partial charge is 0.266 e. The van der Waals surface area contributed by atoms with E-state index in [9.17, 15) is 4.79 Å². The fourth-order valence-corrected chi connectivity index (χ4v) is 1.80. The van der Waals surface area contributed by atoms with E-state index in [1.54, 1.807) is 31.3 Å². The summed E-state index contributed by atoms with van der Waals surface area (Å²) in [6.07, 6.45) is 2.19. The molecule has 0 fully saturated rings. The number of amides is 1. The molecular weight excluding hydrogens is 286 g/mol. The van der Waals surface area contributed by atoms with Crippen molar-refractivity contribution in [3.63, 3.8) is 0 Å². The number of pyridine rings is 1. The molecule has 0 saturated carbocycles. The second-order valence-corrected chi connectivity index (χ2v) is 4.59. The molecule has 0 unspecified atom stereocenters. The van der Waals surface area contributed by atoms with Crippen LogP contribution < -0.4 is 5.32 Å². The number of rotatable bonds is 5. The highest BCUT2D eigenvalue weighted by molar-refractivity contribution is 5.89. The van der Waals surface area contributed by atoms with Crippen LogP contribution in [0.5, 0.6) is 0 Å². The normalized spacial score (nSPS) is 10.6. The molecule has 3 heterocycles. The lowest BCUT2D eigenvalue weighted by molar-refractivity contribution is -0.116. The largest absolute Gasteiger partial charge is 0.419 e. The average Bonchev–Trinajstić information content (AvgIpc) is 3.15. The van der Waals surface area contributed by atoms with Crippen LogP contribution in [0.25, 0.3) is 11.6 Å². The van der Waals surface area contributed by atoms with E-state index in [2.05, 4.69) is 25.7 Å². The maximum absolute atomic E-state index is 11.8. The molecule has 0 aromatic carbocycles. The number of anilines is 1. The third kappa shape index (κ3) is 3.35. The summed E-state index contributed by atoms with van der Waals surface area (Å²) < 4.78 is 10.3. The van der Waals surface area contributed by atoms with Gasteiger partial charge in [0.25, 0.3) is 5.89 Å². The first-order valence-corrected chi connectivity index (χ1v) is 6.67. The Kier molecular flexibility index (Phi) is 3.90. The predicted octanol–water partition coefficient (Wildman–Crippen LogP) is 2.00. The van der Waals surface area contributed by atoms with E-state index in [-0.39, 0.29) is 12.3 Å². The number of nitrogens with zero attached hydrogens (tertiary/aromatic N) is 4. The maximum atomic E-state index is 11.8. The molecule has 8 heteroatoms. The molecule has 112 valence electrons. The summed E-state index contributed by atoms with van der Waals surface area (Å²) >= 11 is 0. The minimum absolute atomic E-state index is 0.203. The van der Waals surface area contributed by atoms with Crippen LogP contribution in [-0.4, -0.2) is 26.2 Å². The van der Waals surface area contributed by atoms with Crippen LogP contribution in [0.4, 0.5) is 5.82 Å². The minimum atomic E-state index is -0.203. The van der Waals surface area contributed by atoms with Gasteiger partial charge in [0.15, 0.2) is 5.82 Å². The summed E-state index contributed by atoms with van der Waals surface area (Å²) in [6, 6.07) is 7.05. The van der Waals surface area contributed by atoms with Crippen LogP contribution in [0.1, 0.15) is 18.1 Å². The van der Waals surface area contributed by atoms with Crippen LogP contribution in [0.2, 0.25) is 0 Å². The van der Waals surface area contributed by atoms with Crippen molar-refractivity contribution >= 4 is 11.7 Å². The van der Waals surface area contributed by atoms with Gasteiger partial charge >= 0.3 is 0 Å². The van der Waals surface area contributed by atoms with Crippen molar-refractivity contribution < 1.29 is 13.7 Å². The molecule has 1 N–H and O–H groups in total. The molecule has 3 aromatic heterocycles. The Labute approximate surface area is 125 Å². The summed E-state index contributed by atoms with van der Waals surface area (Å²) in [5.41, 5.74) is 0.601. The van der Waals surface area contributed by atoms with E-state index in [1.165, 1.54) is 0 Å². The lowest BCUT2D eigenvalue weighted by Gasteiger charge is -1.98. The van der Waals surface area contributed by atoms with Crippen molar-refractivity contribution in [1.29, 1.82) is 0 Å². The number of hydrogen-bond acceptors (Lipinski definition) is 7. The molecular formula is C14H13N5O3. The summed E-state index contributed by atoms with van der Waals surface area (Å²) in [4.78, 5) is 15.9. The van der Waals surface area contributed by atoms with Gasteiger partial charge < -0.3 is 14.3 Å². The zero-order chi connectivity index (χ0) is 15.4. The van der Waals surface area contributed by atoms with E-state index >= 15 is 0 Å². The highest BCUT2D eigenvalue weighted by Gasteiger charge is 2.12. The Morgan fingerprint density at radius 3 is 2.95 bits per heavy atom. The molecule has 3 rings (SSSR count). The first kappa shape index (κ1) is 13.9. The number of aromatic nitrogens is 4. The first-order valence-electron chi connectivity index (χ1n) is 6.67. The number of carbonyl (C=O) groups is 1. The zero-order valence-electron chi connectivity index (χ0n) is 11.8. The van der Waals surface area contributed by atoms with Gasteiger partial charge in [-0.15, -0.1) is 10.2 Å². The summed E-state index contributed by atoms with van der Waals surface area (Å²) in [5, 5.41) is 14.1. The lowest BCUT2D eigenvalue weighted by atomic mass is 10.3. The van der Waals surface area contributed by atoms with Crippen LogP contribution in [0, 0.1) is 6.92 Å². The van der Waals surface area contributed by atoms with Crippen LogP contribution in [-0.2, 0) is 11.2 Å². The molecule has 0 spiro atoms. The Morgan fingerprint density at radius 1 is 1.32 bits per heavy atom. The highest BCUT2D eigenvalue weighted by atomic mass is 16.5. The number of carbonyl (C=O) groups excluding carboxylic acids is 1. The minimum Gasteiger partial charge on any atom is -0.419 e. The van der Waals surface area contributed by atoms with Gasteiger partial charge in [0.2, 0.25) is 11.8 Å². The molecule has 0 bridgehead atoms. The van der Waals surface area contributed by atoms with Crippen molar-refractivity contribution in [2.75, 3.05) is 5.32 Å². The molecule has 0 aliphatic heterocycles. The summed E-state index contributed by atoms with van der Waals surface area (Å²) in [7, 11) is 0. The van der Waals surface area contributed by atoms with E-state index < -0.39 is 0 Å². The van der Waals surface area contributed by atoms with Gasteiger partial charge in [-0.25, -0.2) is 0 Å². The Balaban J connectivity index is 1.56. The summed E-state index contributed by atoms with van der Waals surface area (Å²) in [5.74, 6) is 1.54. The fourth-order valence-electron chi connectivity index (χ4n) is 1.80. The second-order valence-electron chi connectivity index (χ2n) is 4.59. The lowest BCUT2D eigenvalue weighted by Crippen LogP contribution is -2.12. The zero-order valence-corrected chi connectivity index (χ0v) is 11.8. The van der Waals surface area contributed by atoms with Gasteiger partial charge in [-0.3, -0.25) is 9.78 Å². The van der Waals surface area contributed by atoms with Gasteiger partial charge in [0.1, 0.15) is 11.5 Å². The molecule has 8 nitrogen and oxygen atoms in total. The third-order valence-corrected chi connectivity index (χ3v) is 2.81. The van der Waals surface area contributed by atoms with Crippen molar-refractivity contribution in [2.24, 2.45) is 0 Å². The van der Waals surface area contributed by atoms with E-state index in [4.69, 9.17) is 8.94 Å². The van der Waals surface area contributed by atoms with Crippen LogP contribution in [0.15, 0.2) is 39.4 Å². The monoisotopic (exact) mass is 299 g/mol. The van der Waals surface area contributed by atoms with Gasteiger partial charge in [-0.05, 0) is 19.1 Å². The predicted molar refractivity (Wildman–Crippen MR) is 75.7 cm³/mol. The molecule has 0 aliphatic rings. The molecule has 0 radical (unpaired) electrons. The van der Waals surface area contributed by atoms with E-state index in [0.29, 0.717) is 35.5 Å². The molecule has 22 heavy (non-hydrogen) atoms. The Morgan fingerprint density at radius 2 is 2.23 bits per heavy atom. The average molecular weight is 299 g/mol. The van der Waals surface area contributed by atoms with Gasteiger partial charge in [-0.1, -0.05) is 11.2 Å². The Hall–Kier alpha value is -3.03. The highest BCUT2D eigenvalue weighted by Crippen LogP contribution is 2.15. The van der Waals surface area contributed by atoms with Gasteiger partial charge in [0.05, 0.1) is 0 Å². The van der Waals surface area contributed by atoms with Gasteiger partial charge in [-0.2, -0.15) is 0 Å².